The molecule has 0 unspecified atom stereocenters. The van der Waals surface area contributed by atoms with Gasteiger partial charge < -0.3 is 0 Å². The molecule has 0 heterocycles. The maximum atomic E-state index is 11.2. The maximum absolute atomic E-state index is 11.2. The van der Waals surface area contributed by atoms with Gasteiger partial charge in [0.25, 0.3) is 0 Å². The zero-order chi connectivity index (χ0) is 4.99. The predicted molar refractivity (Wildman–Crippen MR) is 20.5 cm³/mol. The molecule has 0 fully saturated rings. The summed E-state index contributed by atoms with van der Waals surface area (Å²) in [5.74, 6) is -0.711. The normalized spacial score (nSPS) is 12.2. The van der Waals surface area contributed by atoms with E-state index in [1.807, 2.05) is 0 Å². The molecule has 0 aromatic heterocycles. The molecule has 0 nitrogen and oxygen atoms in total. The molecule has 0 amide bonds. The van der Waals surface area contributed by atoms with Crippen LogP contribution in [0.3, 0.4) is 0 Å². The van der Waals surface area contributed by atoms with Crippen molar-refractivity contribution in [1.29, 1.82) is 0 Å². The fourth-order valence-electron chi connectivity index (χ4n) is 0.0837. The van der Waals surface area contributed by atoms with Gasteiger partial charge in [0.05, 0.1) is 5.83 Å². The molecule has 0 aromatic rings. The van der Waals surface area contributed by atoms with Gasteiger partial charge in [0.15, 0.2) is 0 Å². The van der Waals surface area contributed by atoms with Crippen LogP contribution in [0.4, 0.5) is 8.78 Å². The molecule has 0 bridgehead atoms. The van der Waals surface area contributed by atoms with Crippen molar-refractivity contribution in [2.24, 2.45) is 0 Å². The second kappa shape index (κ2) is 2.82. The lowest BCUT2D eigenvalue weighted by atomic mass is 10.5. The molecule has 0 aliphatic rings. The van der Waals surface area contributed by atoms with Crippen LogP contribution in [0, 0.1) is 6.92 Å². The molecule has 0 saturated heterocycles. The Bertz CT molecular complexity index is 52.6. The summed E-state index contributed by atoms with van der Waals surface area (Å²) in [7, 11) is 0. The van der Waals surface area contributed by atoms with Crippen LogP contribution in [0.2, 0.25) is 0 Å². The molecule has 0 rings (SSSR count). The number of hydrogen-bond donors (Lipinski definition) is 0. The Morgan fingerprint density at radius 1 is 1.83 bits per heavy atom. The van der Waals surface area contributed by atoms with Gasteiger partial charge >= 0.3 is 0 Å². The van der Waals surface area contributed by atoms with Gasteiger partial charge in [0, 0.05) is 6.92 Å². The van der Waals surface area contributed by atoms with Crippen molar-refractivity contribution in [2.45, 2.75) is 0 Å². The van der Waals surface area contributed by atoms with Crippen molar-refractivity contribution in [3.63, 3.8) is 0 Å². The summed E-state index contributed by atoms with van der Waals surface area (Å²) in [6.07, 6.45) is 0.764. The largest absolute Gasteiger partial charge is 0.246 e. The molecule has 1 radical (unpaired) electrons. The van der Waals surface area contributed by atoms with Gasteiger partial charge in [-0.25, -0.2) is 8.78 Å². The number of hydrogen-bond acceptors (Lipinski definition) is 0. The van der Waals surface area contributed by atoms with Crippen molar-refractivity contribution in [3.8, 4) is 0 Å². The van der Waals surface area contributed by atoms with Crippen LogP contribution in [-0.2, 0) is 0 Å². The molecule has 0 saturated carbocycles. The Kier molecular flexibility index (Phi) is 2.63. The highest BCUT2D eigenvalue weighted by molar-refractivity contribution is 4.93. The predicted octanol–water partition coefficient (Wildman–Crippen LogP) is 1.64. The first kappa shape index (κ1) is 5.60. The van der Waals surface area contributed by atoms with Crippen molar-refractivity contribution in [1.82, 2.24) is 0 Å². The first-order valence-corrected chi connectivity index (χ1v) is 1.51. The summed E-state index contributed by atoms with van der Waals surface area (Å²) in [5.41, 5.74) is 0. The quantitative estimate of drug-likeness (QED) is 0.460. The smallest absolute Gasteiger partial charge is 0.110 e. The standard InChI is InChI=1S/C4H5F2/c1-4(6)2-3-5/h2H,1,3H2. The van der Waals surface area contributed by atoms with E-state index in [9.17, 15) is 8.78 Å². The summed E-state index contributed by atoms with van der Waals surface area (Å²) < 4.78 is 22.1. The van der Waals surface area contributed by atoms with Crippen LogP contribution in [0.25, 0.3) is 0 Å². The van der Waals surface area contributed by atoms with Crippen LogP contribution in [0.1, 0.15) is 0 Å². The molecule has 35 valence electrons. The molecular formula is C4H5F2. The Balaban J connectivity index is 3.14. The molecule has 0 aromatic carbocycles. The SMILES string of the molecule is [CH2]C(F)=CCF. The highest BCUT2D eigenvalue weighted by Crippen LogP contribution is 1.89. The Morgan fingerprint density at radius 2 is 2.33 bits per heavy atom. The molecular weight excluding hydrogens is 86.0 g/mol. The van der Waals surface area contributed by atoms with Crippen molar-refractivity contribution >= 4 is 0 Å². The van der Waals surface area contributed by atoms with E-state index in [-0.39, 0.29) is 0 Å². The first-order chi connectivity index (χ1) is 2.77. The monoisotopic (exact) mass is 91.0 g/mol. The van der Waals surface area contributed by atoms with E-state index < -0.39 is 12.5 Å². The van der Waals surface area contributed by atoms with E-state index in [1.165, 1.54) is 0 Å². The first-order valence-electron chi connectivity index (χ1n) is 1.51. The van der Waals surface area contributed by atoms with Crippen LogP contribution in [-0.4, -0.2) is 6.67 Å². The van der Waals surface area contributed by atoms with Crippen molar-refractivity contribution in [3.05, 3.63) is 18.8 Å². The minimum absolute atomic E-state index is 0.711. The Morgan fingerprint density at radius 3 is 2.33 bits per heavy atom. The Labute approximate surface area is 35.5 Å². The molecule has 0 aliphatic carbocycles. The lowest BCUT2D eigenvalue weighted by Crippen LogP contribution is -1.62. The third kappa shape index (κ3) is 3.60. The zero-order valence-electron chi connectivity index (χ0n) is 3.25. The van der Waals surface area contributed by atoms with Crippen LogP contribution in [0.15, 0.2) is 11.9 Å². The molecule has 0 N–H and O–H groups in total. The maximum Gasteiger partial charge on any atom is 0.110 e. The lowest BCUT2D eigenvalue weighted by molar-refractivity contribution is 0.547. The van der Waals surface area contributed by atoms with E-state index in [0.29, 0.717) is 0 Å². The second-order valence-electron chi connectivity index (χ2n) is 0.805. The molecule has 0 spiro atoms. The fraction of sp³-hybridized carbons (Fsp3) is 0.250. The van der Waals surface area contributed by atoms with Crippen LogP contribution in [0.5, 0.6) is 0 Å². The van der Waals surface area contributed by atoms with E-state index in [0.717, 1.165) is 6.08 Å². The zero-order valence-corrected chi connectivity index (χ0v) is 3.25. The van der Waals surface area contributed by atoms with Gasteiger partial charge in [-0.3, -0.25) is 0 Å². The topological polar surface area (TPSA) is 0 Å². The van der Waals surface area contributed by atoms with Crippen LogP contribution < -0.4 is 0 Å². The minimum Gasteiger partial charge on any atom is -0.246 e. The third-order valence-electron chi connectivity index (χ3n) is 0.299. The summed E-state index contributed by atoms with van der Waals surface area (Å²) in [4.78, 5) is 0. The number of allylic oxidation sites excluding steroid dienone is 2. The van der Waals surface area contributed by atoms with Gasteiger partial charge in [0.1, 0.15) is 6.67 Å². The van der Waals surface area contributed by atoms with E-state index in [2.05, 4.69) is 6.92 Å². The summed E-state index contributed by atoms with van der Waals surface area (Å²) >= 11 is 0. The summed E-state index contributed by atoms with van der Waals surface area (Å²) in [5, 5.41) is 0. The van der Waals surface area contributed by atoms with Crippen molar-refractivity contribution < 1.29 is 8.78 Å². The Hall–Kier alpha value is -0.400. The van der Waals surface area contributed by atoms with Gasteiger partial charge in [0.2, 0.25) is 0 Å². The highest BCUT2D eigenvalue weighted by Gasteiger charge is 1.75. The molecule has 0 atom stereocenters. The van der Waals surface area contributed by atoms with Gasteiger partial charge in [-0.1, -0.05) is 0 Å². The average Bonchev–Trinajstić information content (AvgIpc) is 1.35. The second-order valence-corrected chi connectivity index (χ2v) is 0.805. The van der Waals surface area contributed by atoms with Gasteiger partial charge in [-0.15, -0.1) is 0 Å². The van der Waals surface area contributed by atoms with E-state index >= 15 is 0 Å². The van der Waals surface area contributed by atoms with Crippen LogP contribution >= 0.6 is 0 Å². The molecule has 2 heteroatoms. The van der Waals surface area contributed by atoms with Crippen molar-refractivity contribution in [2.75, 3.05) is 6.67 Å². The third-order valence-corrected chi connectivity index (χ3v) is 0.299. The minimum atomic E-state index is -0.769. The molecule has 0 aliphatic heterocycles. The van der Waals surface area contributed by atoms with Gasteiger partial charge in [-0.05, 0) is 6.08 Å². The number of rotatable bonds is 1. The number of alkyl halides is 1. The molecule has 6 heavy (non-hydrogen) atoms. The lowest BCUT2D eigenvalue weighted by Gasteiger charge is -1.73. The van der Waals surface area contributed by atoms with E-state index in [4.69, 9.17) is 0 Å². The summed E-state index contributed by atoms with van der Waals surface area (Å²) in [6, 6.07) is 0. The van der Waals surface area contributed by atoms with Gasteiger partial charge in [-0.2, -0.15) is 0 Å². The highest BCUT2D eigenvalue weighted by atomic mass is 19.1. The number of halogens is 2. The van der Waals surface area contributed by atoms with E-state index in [1.54, 1.807) is 0 Å². The fourth-order valence-corrected chi connectivity index (χ4v) is 0.0837. The summed E-state index contributed by atoms with van der Waals surface area (Å²) in [6.45, 7) is 2.01. The average molecular weight is 91.1 g/mol.